The molecule has 3 heterocycles. The molecule has 14 heteroatoms. The minimum absolute atomic E-state index is 0.00385. The molecule has 0 saturated carbocycles. The van der Waals surface area contributed by atoms with E-state index in [-0.39, 0.29) is 42.9 Å². The summed E-state index contributed by atoms with van der Waals surface area (Å²) in [6, 6.07) is 0. The van der Waals surface area contributed by atoms with Crippen molar-refractivity contribution in [3.63, 3.8) is 0 Å². The van der Waals surface area contributed by atoms with Gasteiger partial charge in [-0.05, 0) is 12.8 Å². The third kappa shape index (κ3) is 4.36. The Kier molecular flexibility index (Phi) is 5.32. The first kappa shape index (κ1) is 21.1. The van der Waals surface area contributed by atoms with Crippen LogP contribution in [0.1, 0.15) is 24.9 Å². The summed E-state index contributed by atoms with van der Waals surface area (Å²) in [6.07, 6.45) is -10.5. The SMILES string of the molecule is Cn1cnc2c(N3CCC(C(F)(F)F)CC3)nc(C(N)OC(=O)C(F)(F)F)nc21. The standard InChI is InChI=1S/C15H16F6N6O2/c1-26-6-23-8-11(26)24-10(9(22)29-13(28)15(19,20)21)25-12(8)27-4-2-7(3-5-27)14(16,17)18/h6-7,9H,2-5,22H2,1H3. The summed E-state index contributed by atoms with van der Waals surface area (Å²) < 4.78 is 81.5. The average Bonchev–Trinajstić information content (AvgIpc) is 3.00. The highest BCUT2D eigenvalue weighted by molar-refractivity contribution is 5.83. The van der Waals surface area contributed by atoms with Gasteiger partial charge in [0.1, 0.15) is 0 Å². The fourth-order valence-corrected chi connectivity index (χ4v) is 3.01. The molecule has 3 rings (SSSR count). The van der Waals surface area contributed by atoms with E-state index in [9.17, 15) is 31.1 Å². The third-order valence-electron chi connectivity index (χ3n) is 4.54. The lowest BCUT2D eigenvalue weighted by atomic mass is 9.96. The zero-order valence-corrected chi connectivity index (χ0v) is 15.0. The Morgan fingerprint density at radius 1 is 1.21 bits per heavy atom. The number of ether oxygens (including phenoxy) is 1. The number of rotatable bonds is 3. The molecule has 1 atom stereocenters. The summed E-state index contributed by atoms with van der Waals surface area (Å²) in [5.74, 6) is -4.27. The predicted octanol–water partition coefficient (Wildman–Crippen LogP) is 2.20. The number of carbonyl (C=O) groups is 1. The van der Waals surface area contributed by atoms with E-state index in [0.717, 1.165) is 0 Å². The second kappa shape index (κ2) is 7.31. The number of anilines is 1. The van der Waals surface area contributed by atoms with Crippen LogP contribution in [-0.2, 0) is 16.6 Å². The number of hydrogen-bond donors (Lipinski definition) is 1. The molecule has 0 aliphatic carbocycles. The van der Waals surface area contributed by atoms with Gasteiger partial charge in [0.05, 0.1) is 12.2 Å². The van der Waals surface area contributed by atoms with E-state index in [2.05, 4.69) is 19.7 Å². The molecule has 1 unspecified atom stereocenters. The van der Waals surface area contributed by atoms with Crippen LogP contribution in [0, 0.1) is 5.92 Å². The lowest BCUT2D eigenvalue weighted by Crippen LogP contribution is -2.39. The molecule has 29 heavy (non-hydrogen) atoms. The summed E-state index contributed by atoms with van der Waals surface area (Å²) >= 11 is 0. The Morgan fingerprint density at radius 2 is 1.83 bits per heavy atom. The topological polar surface area (TPSA) is 99.2 Å². The van der Waals surface area contributed by atoms with E-state index in [1.54, 1.807) is 7.05 Å². The smallest absolute Gasteiger partial charge is 0.432 e. The Morgan fingerprint density at radius 3 is 2.38 bits per heavy atom. The average molecular weight is 426 g/mol. The van der Waals surface area contributed by atoms with E-state index in [4.69, 9.17) is 5.73 Å². The van der Waals surface area contributed by atoms with E-state index >= 15 is 0 Å². The summed E-state index contributed by atoms with van der Waals surface area (Å²) in [7, 11) is 1.55. The van der Waals surface area contributed by atoms with Crippen molar-refractivity contribution in [3.05, 3.63) is 12.2 Å². The molecule has 0 bridgehead atoms. The maximum absolute atomic E-state index is 12.9. The van der Waals surface area contributed by atoms with Crippen molar-refractivity contribution in [2.24, 2.45) is 18.7 Å². The quantitative estimate of drug-likeness (QED) is 0.456. The molecule has 160 valence electrons. The van der Waals surface area contributed by atoms with Gasteiger partial charge in [-0.3, -0.25) is 5.73 Å². The Labute approximate surface area is 159 Å². The van der Waals surface area contributed by atoms with Gasteiger partial charge in [0.25, 0.3) is 0 Å². The van der Waals surface area contributed by atoms with Crippen LogP contribution in [0.5, 0.6) is 0 Å². The van der Waals surface area contributed by atoms with Crippen molar-refractivity contribution in [1.29, 1.82) is 0 Å². The van der Waals surface area contributed by atoms with E-state index in [1.807, 2.05) is 0 Å². The number of aromatic nitrogens is 4. The van der Waals surface area contributed by atoms with Crippen molar-refractivity contribution >= 4 is 23.0 Å². The molecule has 2 N–H and O–H groups in total. The largest absolute Gasteiger partial charge is 0.490 e. The van der Waals surface area contributed by atoms with Crippen molar-refractivity contribution in [3.8, 4) is 0 Å². The number of nitrogens with zero attached hydrogens (tertiary/aromatic N) is 5. The number of halogens is 6. The molecule has 2 aromatic heterocycles. The molecule has 0 radical (unpaired) electrons. The molecular formula is C15H16F6N6O2. The van der Waals surface area contributed by atoms with Gasteiger partial charge in [0.15, 0.2) is 22.8 Å². The highest BCUT2D eigenvalue weighted by atomic mass is 19.4. The lowest BCUT2D eigenvalue weighted by Gasteiger charge is -2.33. The molecular weight excluding hydrogens is 410 g/mol. The van der Waals surface area contributed by atoms with Gasteiger partial charge in [-0.25, -0.2) is 19.7 Å². The van der Waals surface area contributed by atoms with Crippen LogP contribution in [0.2, 0.25) is 0 Å². The molecule has 2 aromatic rings. The first-order valence-electron chi connectivity index (χ1n) is 8.42. The van der Waals surface area contributed by atoms with Gasteiger partial charge in [0, 0.05) is 20.1 Å². The minimum Gasteiger partial charge on any atom is -0.432 e. The van der Waals surface area contributed by atoms with Crippen LogP contribution in [0.15, 0.2) is 6.33 Å². The number of fused-ring (bicyclic) bond motifs is 1. The number of piperidine rings is 1. The molecule has 1 fully saturated rings. The summed E-state index contributed by atoms with van der Waals surface area (Å²) in [5, 5.41) is 0. The van der Waals surface area contributed by atoms with E-state index in [1.165, 1.54) is 15.8 Å². The van der Waals surface area contributed by atoms with Gasteiger partial charge >= 0.3 is 18.3 Å². The highest BCUT2D eigenvalue weighted by Crippen LogP contribution is 2.36. The molecule has 0 amide bonds. The van der Waals surface area contributed by atoms with Gasteiger partial charge < -0.3 is 14.2 Å². The Balaban J connectivity index is 1.91. The second-order valence-electron chi connectivity index (χ2n) is 6.56. The monoisotopic (exact) mass is 426 g/mol. The van der Waals surface area contributed by atoms with Crippen molar-refractivity contribution in [2.45, 2.75) is 31.4 Å². The van der Waals surface area contributed by atoms with E-state index in [0.29, 0.717) is 0 Å². The zero-order chi connectivity index (χ0) is 21.6. The van der Waals surface area contributed by atoms with Crippen LogP contribution < -0.4 is 10.6 Å². The van der Waals surface area contributed by atoms with Gasteiger partial charge in [0.2, 0.25) is 6.23 Å². The molecule has 1 aliphatic rings. The Hall–Kier alpha value is -2.64. The first-order chi connectivity index (χ1) is 13.4. The van der Waals surface area contributed by atoms with Gasteiger partial charge in [-0.15, -0.1) is 0 Å². The second-order valence-corrected chi connectivity index (χ2v) is 6.56. The summed E-state index contributed by atoms with van der Waals surface area (Å²) in [5.41, 5.74) is 5.94. The Bertz CT molecular complexity index is 903. The lowest BCUT2D eigenvalue weighted by molar-refractivity contribution is -0.205. The number of hydrogen-bond acceptors (Lipinski definition) is 7. The highest BCUT2D eigenvalue weighted by Gasteiger charge is 2.43. The van der Waals surface area contributed by atoms with Crippen molar-refractivity contribution in [2.75, 3.05) is 18.0 Å². The first-order valence-corrected chi connectivity index (χ1v) is 8.42. The van der Waals surface area contributed by atoms with Crippen LogP contribution >= 0.6 is 0 Å². The molecule has 0 spiro atoms. The van der Waals surface area contributed by atoms with Gasteiger partial charge in [-0.2, -0.15) is 26.3 Å². The molecule has 8 nitrogen and oxygen atoms in total. The number of nitrogens with two attached hydrogens (primary N) is 1. The number of alkyl halides is 6. The van der Waals surface area contributed by atoms with Crippen LogP contribution in [0.3, 0.4) is 0 Å². The number of esters is 1. The zero-order valence-electron chi connectivity index (χ0n) is 15.0. The fourth-order valence-electron chi connectivity index (χ4n) is 3.01. The summed E-state index contributed by atoms with van der Waals surface area (Å²) in [4.78, 5) is 24.7. The number of aryl methyl sites for hydroxylation is 1. The van der Waals surface area contributed by atoms with Gasteiger partial charge in [-0.1, -0.05) is 0 Å². The molecule has 0 aromatic carbocycles. The fraction of sp³-hybridized carbons (Fsp3) is 0.600. The van der Waals surface area contributed by atoms with E-state index < -0.39 is 36.3 Å². The van der Waals surface area contributed by atoms with Crippen molar-refractivity contribution in [1.82, 2.24) is 19.5 Å². The molecule has 1 aliphatic heterocycles. The van der Waals surface area contributed by atoms with Crippen LogP contribution in [-0.4, -0.2) is 50.9 Å². The molecule has 1 saturated heterocycles. The minimum atomic E-state index is -5.25. The van der Waals surface area contributed by atoms with Crippen molar-refractivity contribution < 1.29 is 35.9 Å². The third-order valence-corrected chi connectivity index (χ3v) is 4.54. The normalized spacial score (nSPS) is 17.6. The van der Waals surface area contributed by atoms with Crippen LogP contribution in [0.25, 0.3) is 11.2 Å². The number of carbonyl (C=O) groups excluding carboxylic acids is 1. The predicted molar refractivity (Wildman–Crippen MR) is 86.4 cm³/mol. The summed E-state index contributed by atoms with van der Waals surface area (Å²) in [6.45, 7) is 0.00770. The maximum Gasteiger partial charge on any atom is 0.490 e. The maximum atomic E-state index is 12.9. The number of imidazole rings is 1. The van der Waals surface area contributed by atoms with Crippen LogP contribution in [0.4, 0.5) is 32.2 Å².